The number of amides is 1. The van der Waals surface area contributed by atoms with Crippen molar-refractivity contribution in [2.45, 2.75) is 26.8 Å². The molecule has 5 rings (SSSR count). The van der Waals surface area contributed by atoms with Crippen LogP contribution in [0.15, 0.2) is 85.1 Å². The Kier molecular flexibility index (Phi) is 6.29. The molecule has 0 spiro atoms. The lowest BCUT2D eigenvalue weighted by atomic mass is 10.0. The van der Waals surface area contributed by atoms with E-state index < -0.39 is 0 Å². The average Bonchev–Trinajstić information content (AvgIpc) is 3.27. The molecule has 6 heteroatoms. The van der Waals surface area contributed by atoms with Crippen molar-refractivity contribution in [3.05, 3.63) is 107 Å². The van der Waals surface area contributed by atoms with Crippen LogP contribution in [-0.2, 0) is 0 Å². The molecule has 0 aliphatic carbocycles. The maximum Gasteiger partial charge on any atom is 0.279 e. The molecular formula is C29H25N3O2S. The standard InChI is InChI=1S/C29H25N3O2S/c1-18-8-11-21(12-9-18)23-14-24(28(33)31-20(3)22-13-10-19(2)30-17-22)16-25(15-23)34-29-32-26-6-4-5-7-27(26)35-29/h4-17,20H,1-3H3,(H,31,33)/t20-/m1/s1. The second kappa shape index (κ2) is 9.68. The Morgan fingerprint density at radius 1 is 0.943 bits per heavy atom. The molecule has 1 N–H and O–H groups in total. The van der Waals surface area contributed by atoms with E-state index >= 15 is 0 Å². The number of pyridine rings is 1. The van der Waals surface area contributed by atoms with E-state index in [1.165, 1.54) is 16.9 Å². The van der Waals surface area contributed by atoms with Gasteiger partial charge in [-0.1, -0.05) is 59.4 Å². The van der Waals surface area contributed by atoms with Crippen LogP contribution >= 0.6 is 11.3 Å². The highest BCUT2D eigenvalue weighted by Gasteiger charge is 2.16. The van der Waals surface area contributed by atoms with Crippen LogP contribution in [0.5, 0.6) is 10.9 Å². The van der Waals surface area contributed by atoms with E-state index in [0.29, 0.717) is 16.5 Å². The average molecular weight is 480 g/mol. The third-order valence-corrected chi connectivity index (χ3v) is 6.73. The predicted octanol–water partition coefficient (Wildman–Crippen LogP) is 7.26. The lowest BCUT2D eigenvalue weighted by Gasteiger charge is -2.16. The van der Waals surface area contributed by atoms with Crippen molar-refractivity contribution in [3.8, 4) is 22.1 Å². The zero-order valence-corrected chi connectivity index (χ0v) is 20.6. The van der Waals surface area contributed by atoms with E-state index in [1.807, 2.05) is 62.4 Å². The van der Waals surface area contributed by atoms with Crippen LogP contribution in [-0.4, -0.2) is 15.9 Å². The predicted molar refractivity (Wildman–Crippen MR) is 141 cm³/mol. The Morgan fingerprint density at radius 2 is 1.74 bits per heavy atom. The van der Waals surface area contributed by atoms with Gasteiger partial charge in [0.25, 0.3) is 11.1 Å². The van der Waals surface area contributed by atoms with E-state index in [-0.39, 0.29) is 11.9 Å². The summed E-state index contributed by atoms with van der Waals surface area (Å²) in [5.41, 5.74) is 6.38. The highest BCUT2D eigenvalue weighted by atomic mass is 32.1. The van der Waals surface area contributed by atoms with Gasteiger partial charge in [-0.2, -0.15) is 0 Å². The fourth-order valence-electron chi connectivity index (χ4n) is 3.80. The highest BCUT2D eigenvalue weighted by Crippen LogP contribution is 2.34. The van der Waals surface area contributed by atoms with Crippen molar-refractivity contribution in [1.82, 2.24) is 15.3 Å². The second-order valence-corrected chi connectivity index (χ2v) is 9.58. The quantitative estimate of drug-likeness (QED) is 0.278. The first-order chi connectivity index (χ1) is 16.9. The van der Waals surface area contributed by atoms with Crippen LogP contribution in [0.1, 0.15) is 40.1 Å². The van der Waals surface area contributed by atoms with Crippen LogP contribution in [0.3, 0.4) is 0 Å². The van der Waals surface area contributed by atoms with Gasteiger partial charge in [0.1, 0.15) is 5.75 Å². The summed E-state index contributed by atoms with van der Waals surface area (Å²) in [6, 6.07) is 25.5. The summed E-state index contributed by atoms with van der Waals surface area (Å²) >= 11 is 1.48. The Morgan fingerprint density at radius 3 is 2.49 bits per heavy atom. The molecule has 1 amide bonds. The van der Waals surface area contributed by atoms with E-state index in [2.05, 4.69) is 46.5 Å². The number of thiazole rings is 1. The molecule has 174 valence electrons. The van der Waals surface area contributed by atoms with Crippen LogP contribution in [0.2, 0.25) is 0 Å². The summed E-state index contributed by atoms with van der Waals surface area (Å²) < 4.78 is 7.21. The van der Waals surface area contributed by atoms with Crippen LogP contribution in [0.4, 0.5) is 0 Å². The van der Waals surface area contributed by atoms with Gasteiger partial charge in [-0.25, -0.2) is 4.98 Å². The molecule has 5 aromatic rings. The number of ether oxygens (including phenoxy) is 1. The molecular weight excluding hydrogens is 454 g/mol. The van der Waals surface area contributed by atoms with Crippen LogP contribution < -0.4 is 10.1 Å². The number of hydrogen-bond donors (Lipinski definition) is 1. The molecule has 0 fully saturated rings. The molecule has 0 aliphatic rings. The summed E-state index contributed by atoms with van der Waals surface area (Å²) in [7, 11) is 0. The van der Waals surface area contributed by atoms with E-state index in [0.717, 1.165) is 32.6 Å². The van der Waals surface area contributed by atoms with Crippen molar-refractivity contribution >= 4 is 27.5 Å². The molecule has 0 saturated carbocycles. The molecule has 0 radical (unpaired) electrons. The van der Waals surface area contributed by atoms with Gasteiger partial charge in [0.05, 0.1) is 16.3 Å². The number of fused-ring (bicyclic) bond motifs is 1. The van der Waals surface area contributed by atoms with Gasteiger partial charge < -0.3 is 10.1 Å². The highest BCUT2D eigenvalue weighted by molar-refractivity contribution is 7.20. The SMILES string of the molecule is Cc1ccc(-c2cc(Oc3nc4ccccc4s3)cc(C(=O)N[C@H](C)c3ccc(C)nc3)c2)cc1. The third kappa shape index (κ3) is 5.23. The number of carbonyl (C=O) groups excluding carboxylic acids is 1. The molecule has 5 nitrogen and oxygen atoms in total. The summed E-state index contributed by atoms with van der Waals surface area (Å²) in [5.74, 6) is 0.387. The van der Waals surface area contributed by atoms with Gasteiger partial charge in [-0.05, 0) is 73.9 Å². The number of rotatable bonds is 6. The van der Waals surface area contributed by atoms with Crippen molar-refractivity contribution < 1.29 is 9.53 Å². The van der Waals surface area contributed by atoms with E-state index in [9.17, 15) is 4.79 Å². The zero-order chi connectivity index (χ0) is 24.4. The fourth-order valence-corrected chi connectivity index (χ4v) is 4.63. The van der Waals surface area contributed by atoms with Gasteiger partial charge >= 0.3 is 0 Å². The molecule has 2 heterocycles. The molecule has 0 saturated heterocycles. The number of nitrogens with one attached hydrogen (secondary N) is 1. The minimum Gasteiger partial charge on any atom is -0.431 e. The van der Waals surface area contributed by atoms with Crippen LogP contribution in [0, 0.1) is 13.8 Å². The van der Waals surface area contributed by atoms with Crippen molar-refractivity contribution in [2.75, 3.05) is 0 Å². The van der Waals surface area contributed by atoms with Gasteiger partial charge in [0, 0.05) is 17.5 Å². The summed E-state index contributed by atoms with van der Waals surface area (Å²) in [4.78, 5) is 22.2. The summed E-state index contributed by atoms with van der Waals surface area (Å²) in [6.45, 7) is 5.94. The summed E-state index contributed by atoms with van der Waals surface area (Å²) in [6.07, 6.45) is 1.80. The molecule has 2 aromatic heterocycles. The molecule has 1 atom stereocenters. The number of para-hydroxylation sites is 1. The van der Waals surface area contributed by atoms with Gasteiger partial charge in [0.2, 0.25) is 0 Å². The maximum atomic E-state index is 13.3. The largest absolute Gasteiger partial charge is 0.431 e. The first kappa shape index (κ1) is 22.7. The van der Waals surface area contributed by atoms with E-state index in [4.69, 9.17) is 4.74 Å². The van der Waals surface area contributed by atoms with Crippen molar-refractivity contribution in [2.24, 2.45) is 0 Å². The zero-order valence-electron chi connectivity index (χ0n) is 19.8. The maximum absolute atomic E-state index is 13.3. The molecule has 0 unspecified atom stereocenters. The molecule has 0 bridgehead atoms. The van der Waals surface area contributed by atoms with Crippen molar-refractivity contribution in [3.63, 3.8) is 0 Å². The minimum absolute atomic E-state index is 0.179. The first-order valence-electron chi connectivity index (χ1n) is 11.4. The number of hydrogen-bond acceptors (Lipinski definition) is 5. The molecule has 0 aliphatic heterocycles. The normalized spacial score (nSPS) is 11.9. The van der Waals surface area contributed by atoms with Gasteiger partial charge in [-0.3, -0.25) is 9.78 Å². The smallest absolute Gasteiger partial charge is 0.279 e. The lowest BCUT2D eigenvalue weighted by molar-refractivity contribution is 0.0939. The summed E-state index contributed by atoms with van der Waals surface area (Å²) in [5, 5.41) is 3.62. The second-order valence-electron chi connectivity index (χ2n) is 8.59. The van der Waals surface area contributed by atoms with Gasteiger partial charge in [-0.15, -0.1) is 0 Å². The van der Waals surface area contributed by atoms with Gasteiger partial charge in [0.15, 0.2) is 0 Å². The van der Waals surface area contributed by atoms with E-state index in [1.54, 1.807) is 12.3 Å². The molecule has 35 heavy (non-hydrogen) atoms. The monoisotopic (exact) mass is 479 g/mol. The Bertz CT molecular complexity index is 1460. The van der Waals surface area contributed by atoms with Crippen LogP contribution in [0.25, 0.3) is 21.3 Å². The Hall–Kier alpha value is -4.03. The number of carbonyl (C=O) groups is 1. The molecule has 3 aromatic carbocycles. The van der Waals surface area contributed by atoms with Crippen molar-refractivity contribution in [1.29, 1.82) is 0 Å². The third-order valence-electron chi connectivity index (χ3n) is 5.81. The number of aryl methyl sites for hydroxylation is 2. The fraction of sp³-hybridized carbons (Fsp3) is 0.138. The lowest BCUT2D eigenvalue weighted by Crippen LogP contribution is -2.26. The number of benzene rings is 3. The number of aromatic nitrogens is 2. The number of nitrogens with zero attached hydrogens (tertiary/aromatic N) is 2. The minimum atomic E-state index is -0.188. The Balaban J connectivity index is 1.47. The topological polar surface area (TPSA) is 64.1 Å². The first-order valence-corrected chi connectivity index (χ1v) is 12.3. The Labute approximate surface area is 208 Å².